The summed E-state index contributed by atoms with van der Waals surface area (Å²) in [6.07, 6.45) is 4.55. The van der Waals surface area contributed by atoms with Crippen LogP contribution in [0.1, 0.15) is 25.7 Å². The zero-order chi connectivity index (χ0) is 15.0. The number of fused-ring (bicyclic) bond motifs is 1. The predicted molar refractivity (Wildman–Crippen MR) is 72.3 cm³/mol. The minimum atomic E-state index is -0.703. The minimum absolute atomic E-state index is 0.0331. The van der Waals surface area contributed by atoms with Crippen LogP contribution in [0, 0.1) is 11.8 Å². The number of carbonyl (C=O) groups excluding carboxylic acids is 1. The molecule has 0 amide bonds. The molecule has 1 saturated carbocycles. The number of hydrogen-bond acceptors (Lipinski definition) is 6. The first-order valence-corrected chi connectivity index (χ1v) is 6.79. The van der Waals surface area contributed by atoms with Gasteiger partial charge < -0.3 is 10.1 Å². The molecule has 0 aromatic carbocycles. The van der Waals surface area contributed by atoms with E-state index in [1.165, 1.54) is 0 Å². The Morgan fingerprint density at radius 3 is 2.48 bits per heavy atom. The van der Waals surface area contributed by atoms with Gasteiger partial charge in [0.1, 0.15) is 5.76 Å². The molecule has 3 rings (SSSR count). The third-order valence-corrected chi connectivity index (χ3v) is 3.99. The highest BCUT2D eigenvalue weighted by molar-refractivity contribution is 6.00. The molecule has 1 aromatic rings. The molecule has 1 heterocycles. The summed E-state index contributed by atoms with van der Waals surface area (Å²) >= 11 is 0. The van der Waals surface area contributed by atoms with Gasteiger partial charge >= 0.3 is 5.69 Å². The van der Waals surface area contributed by atoms with Crippen molar-refractivity contribution in [1.29, 1.82) is 0 Å². The second-order valence-corrected chi connectivity index (χ2v) is 5.25. The summed E-state index contributed by atoms with van der Waals surface area (Å²) in [5, 5.41) is 17.5. The summed E-state index contributed by atoms with van der Waals surface area (Å²) in [6.45, 7) is 0. The topological polar surface area (TPSA) is 128 Å². The van der Waals surface area contributed by atoms with Crippen molar-refractivity contribution in [1.82, 2.24) is 9.97 Å². The van der Waals surface area contributed by atoms with Crippen molar-refractivity contribution in [3.63, 3.8) is 0 Å². The number of hydrogen-bond donors (Lipinski definition) is 3. The number of aliphatic hydroxyl groups is 1. The quantitative estimate of drug-likeness (QED) is 0.709. The second-order valence-electron chi connectivity index (χ2n) is 5.25. The van der Waals surface area contributed by atoms with Gasteiger partial charge in [-0.3, -0.25) is 14.6 Å². The predicted octanol–water partition coefficient (Wildman–Crippen LogP) is 1.31. The van der Waals surface area contributed by atoms with E-state index in [0.717, 1.165) is 31.9 Å². The number of aromatic nitrogens is 2. The average Bonchev–Trinajstić information content (AvgIpc) is 2.71. The van der Waals surface area contributed by atoms with Gasteiger partial charge in [-0.25, -0.2) is 4.79 Å². The zero-order valence-electron chi connectivity index (χ0n) is 11.1. The lowest BCUT2D eigenvalue weighted by atomic mass is 9.80. The van der Waals surface area contributed by atoms with Crippen LogP contribution < -0.4 is 11.2 Å². The largest absolute Gasteiger partial charge is 0.510 e. The standard InChI is InChI=1S/C13H14N4O4/c18-10-6-3-1-2-4-7(6)11(19)9(10)17-16-8-5-14-13(21)15-12(8)20/h5-7,18H,1-4H2,(H2,14,15,20,21). The molecule has 2 atom stereocenters. The molecule has 0 saturated heterocycles. The fourth-order valence-electron chi connectivity index (χ4n) is 2.93. The van der Waals surface area contributed by atoms with Crippen molar-refractivity contribution in [3.8, 4) is 0 Å². The van der Waals surface area contributed by atoms with E-state index in [2.05, 4.69) is 15.2 Å². The van der Waals surface area contributed by atoms with Crippen molar-refractivity contribution in [2.24, 2.45) is 22.1 Å². The monoisotopic (exact) mass is 290 g/mol. The molecule has 1 aromatic heterocycles. The Bertz CT molecular complexity index is 758. The van der Waals surface area contributed by atoms with Crippen LogP contribution in [0.2, 0.25) is 0 Å². The number of aromatic amines is 2. The second kappa shape index (κ2) is 5.12. The van der Waals surface area contributed by atoms with Gasteiger partial charge in [0.25, 0.3) is 5.56 Å². The van der Waals surface area contributed by atoms with E-state index in [9.17, 15) is 19.5 Å². The van der Waals surface area contributed by atoms with Gasteiger partial charge in [0.2, 0.25) is 0 Å². The molecular weight excluding hydrogens is 276 g/mol. The summed E-state index contributed by atoms with van der Waals surface area (Å²) in [6, 6.07) is 0. The van der Waals surface area contributed by atoms with Crippen LogP contribution in [-0.2, 0) is 4.79 Å². The molecule has 3 N–H and O–H groups in total. The molecule has 8 nitrogen and oxygen atoms in total. The highest BCUT2D eigenvalue weighted by Crippen LogP contribution is 2.43. The fourth-order valence-corrected chi connectivity index (χ4v) is 2.93. The molecule has 2 aliphatic rings. The van der Waals surface area contributed by atoms with Crippen molar-refractivity contribution in [3.05, 3.63) is 38.5 Å². The number of nitrogens with one attached hydrogen (secondary N) is 2. The van der Waals surface area contributed by atoms with Crippen LogP contribution in [0.4, 0.5) is 5.69 Å². The van der Waals surface area contributed by atoms with Gasteiger partial charge in [-0.2, -0.15) is 0 Å². The number of aliphatic hydroxyl groups excluding tert-OH is 1. The van der Waals surface area contributed by atoms with Gasteiger partial charge in [-0.1, -0.05) is 12.8 Å². The maximum Gasteiger partial charge on any atom is 0.325 e. The molecule has 0 spiro atoms. The number of nitrogens with zero attached hydrogens (tertiary/aromatic N) is 2. The fraction of sp³-hybridized carbons (Fsp3) is 0.462. The van der Waals surface area contributed by atoms with E-state index >= 15 is 0 Å². The first kappa shape index (κ1) is 13.5. The Morgan fingerprint density at radius 1 is 1.10 bits per heavy atom. The summed E-state index contributed by atoms with van der Waals surface area (Å²) < 4.78 is 0. The lowest BCUT2D eigenvalue weighted by Crippen LogP contribution is -2.21. The molecule has 0 radical (unpaired) electrons. The van der Waals surface area contributed by atoms with E-state index < -0.39 is 11.2 Å². The normalized spacial score (nSPS) is 25.6. The van der Waals surface area contributed by atoms with Crippen LogP contribution in [0.25, 0.3) is 0 Å². The Balaban J connectivity index is 1.91. The van der Waals surface area contributed by atoms with Gasteiger partial charge in [-0.05, 0) is 12.8 Å². The maximum atomic E-state index is 12.2. The molecule has 0 aliphatic heterocycles. The highest BCUT2D eigenvalue weighted by atomic mass is 16.3. The number of carbonyl (C=O) groups is 1. The van der Waals surface area contributed by atoms with Crippen molar-refractivity contribution in [2.45, 2.75) is 25.7 Å². The van der Waals surface area contributed by atoms with Gasteiger partial charge in [0.05, 0.1) is 0 Å². The van der Waals surface area contributed by atoms with Crippen molar-refractivity contribution in [2.75, 3.05) is 0 Å². The number of Topliss-reactive ketones (excluding diaryl/α,β-unsaturated/α-hetero) is 1. The Kier molecular flexibility index (Phi) is 3.28. The molecule has 2 aliphatic carbocycles. The van der Waals surface area contributed by atoms with Gasteiger partial charge in [0.15, 0.2) is 17.2 Å². The van der Waals surface area contributed by atoms with Crippen LogP contribution >= 0.6 is 0 Å². The highest BCUT2D eigenvalue weighted by Gasteiger charge is 2.43. The third kappa shape index (κ3) is 2.32. The van der Waals surface area contributed by atoms with Crippen molar-refractivity contribution >= 4 is 11.5 Å². The van der Waals surface area contributed by atoms with Crippen LogP contribution in [0.3, 0.4) is 0 Å². The molecule has 8 heteroatoms. The SMILES string of the molecule is O=C1C(N=Nc2c[nH]c(=O)[nH]c2=O)=C(O)C2CCCCC12. The first-order valence-electron chi connectivity index (χ1n) is 6.79. The number of allylic oxidation sites excluding steroid dienone is 2. The van der Waals surface area contributed by atoms with Gasteiger partial charge in [-0.15, -0.1) is 10.2 Å². The third-order valence-electron chi connectivity index (χ3n) is 3.99. The lowest BCUT2D eigenvalue weighted by molar-refractivity contribution is -0.120. The molecule has 110 valence electrons. The van der Waals surface area contributed by atoms with E-state index in [4.69, 9.17) is 0 Å². The Labute approximate surface area is 118 Å². The van der Waals surface area contributed by atoms with E-state index in [0.29, 0.717) is 0 Å². The van der Waals surface area contributed by atoms with Crippen molar-refractivity contribution < 1.29 is 9.90 Å². The smallest absolute Gasteiger partial charge is 0.325 e. The summed E-state index contributed by atoms with van der Waals surface area (Å²) in [5.74, 6) is -0.647. The van der Waals surface area contributed by atoms with Gasteiger partial charge in [0, 0.05) is 18.0 Å². The van der Waals surface area contributed by atoms with E-state index in [-0.39, 0.29) is 34.8 Å². The average molecular weight is 290 g/mol. The number of H-pyrrole nitrogens is 2. The Morgan fingerprint density at radius 2 is 1.81 bits per heavy atom. The minimum Gasteiger partial charge on any atom is -0.510 e. The number of rotatable bonds is 2. The number of ketones is 1. The summed E-state index contributed by atoms with van der Waals surface area (Å²) in [7, 11) is 0. The lowest BCUT2D eigenvalue weighted by Gasteiger charge is -2.23. The molecular formula is C13H14N4O4. The molecule has 1 fully saturated rings. The summed E-state index contributed by atoms with van der Waals surface area (Å²) in [5.41, 5.74) is -1.55. The molecule has 21 heavy (non-hydrogen) atoms. The van der Waals surface area contributed by atoms with Crippen LogP contribution in [0.15, 0.2) is 37.5 Å². The van der Waals surface area contributed by atoms with E-state index in [1.807, 2.05) is 4.98 Å². The Hall–Kier alpha value is -2.51. The molecule has 2 unspecified atom stereocenters. The summed E-state index contributed by atoms with van der Waals surface area (Å²) in [4.78, 5) is 38.8. The molecule has 0 bridgehead atoms. The zero-order valence-corrected chi connectivity index (χ0v) is 11.1. The first-order chi connectivity index (χ1) is 10.1. The van der Waals surface area contributed by atoms with E-state index in [1.54, 1.807) is 0 Å². The number of azo groups is 1. The van der Waals surface area contributed by atoms with Crippen LogP contribution in [-0.4, -0.2) is 20.9 Å². The maximum absolute atomic E-state index is 12.2. The van der Waals surface area contributed by atoms with Crippen LogP contribution in [0.5, 0.6) is 0 Å².